The van der Waals surface area contributed by atoms with E-state index >= 15 is 0 Å². The lowest BCUT2D eigenvalue weighted by Crippen LogP contribution is -2.53. The second kappa shape index (κ2) is 5.44. The Bertz CT molecular complexity index is 537. The molecule has 1 N–H and O–H groups in total. The largest absolute Gasteiger partial charge is 0.444 e. The van der Waals surface area contributed by atoms with Crippen molar-refractivity contribution < 1.29 is 14.1 Å². The fraction of sp³-hybridized carbons (Fsp3) is 0.800. The van der Waals surface area contributed by atoms with E-state index in [0.717, 1.165) is 25.9 Å². The molecule has 0 radical (unpaired) electrons. The van der Waals surface area contributed by atoms with Crippen LogP contribution in [-0.4, -0.2) is 41.0 Å². The van der Waals surface area contributed by atoms with E-state index in [9.17, 15) is 4.79 Å². The third kappa shape index (κ3) is 3.18. The molecular weight excluding hydrogens is 284 g/mol. The predicted molar refractivity (Wildman–Crippen MR) is 80.6 cm³/mol. The standard InChI is InChI=1S/C15H24N4O3/c1-9-16-13(22-18-9)19-7-10-5-6-11(8-19)12(10)17-14(20)21-15(2,3)4/h10-12H,5-8H2,1-4H3,(H,17,20)/t10-,11+,12?. The Hall–Kier alpha value is -1.79. The minimum absolute atomic E-state index is 0.176. The van der Waals surface area contributed by atoms with Crippen molar-refractivity contribution in [1.29, 1.82) is 0 Å². The number of anilines is 1. The van der Waals surface area contributed by atoms with E-state index in [1.807, 2.05) is 27.7 Å². The molecule has 1 aromatic rings. The number of fused-ring (bicyclic) bond motifs is 2. The molecule has 1 aromatic heterocycles. The van der Waals surface area contributed by atoms with Crippen LogP contribution in [0.5, 0.6) is 0 Å². The summed E-state index contributed by atoms with van der Waals surface area (Å²) in [4.78, 5) is 18.4. The lowest BCUT2D eigenvalue weighted by molar-refractivity contribution is 0.0472. The first-order valence-corrected chi connectivity index (χ1v) is 7.86. The zero-order valence-electron chi connectivity index (χ0n) is 13.6. The molecule has 1 saturated heterocycles. The van der Waals surface area contributed by atoms with Gasteiger partial charge in [-0.2, -0.15) is 4.98 Å². The Kier molecular flexibility index (Phi) is 3.74. The number of piperidine rings is 1. The van der Waals surface area contributed by atoms with E-state index in [2.05, 4.69) is 20.4 Å². The molecule has 1 aliphatic heterocycles. The van der Waals surface area contributed by atoms with Crippen LogP contribution in [-0.2, 0) is 4.74 Å². The highest BCUT2D eigenvalue weighted by atomic mass is 16.6. The summed E-state index contributed by atoms with van der Waals surface area (Å²) in [6.07, 6.45) is 1.89. The van der Waals surface area contributed by atoms with E-state index in [1.54, 1.807) is 0 Å². The number of nitrogens with one attached hydrogen (secondary N) is 1. The topological polar surface area (TPSA) is 80.5 Å². The summed E-state index contributed by atoms with van der Waals surface area (Å²) in [6.45, 7) is 9.11. The average molecular weight is 308 g/mol. The van der Waals surface area contributed by atoms with Gasteiger partial charge in [-0.15, -0.1) is 0 Å². The first kappa shape index (κ1) is 15.1. The number of hydrogen-bond acceptors (Lipinski definition) is 6. The third-order valence-corrected chi connectivity index (χ3v) is 4.30. The van der Waals surface area contributed by atoms with Crippen LogP contribution in [0.1, 0.15) is 39.4 Å². The highest BCUT2D eigenvalue weighted by Gasteiger charge is 2.44. The number of nitrogens with zero attached hydrogens (tertiary/aromatic N) is 3. The highest BCUT2D eigenvalue weighted by Crippen LogP contribution is 2.38. The van der Waals surface area contributed by atoms with E-state index in [4.69, 9.17) is 9.26 Å². The third-order valence-electron chi connectivity index (χ3n) is 4.30. The van der Waals surface area contributed by atoms with Crippen LogP contribution >= 0.6 is 0 Å². The highest BCUT2D eigenvalue weighted by molar-refractivity contribution is 5.68. The van der Waals surface area contributed by atoms with Gasteiger partial charge >= 0.3 is 12.1 Å². The van der Waals surface area contributed by atoms with Crippen LogP contribution in [0.15, 0.2) is 4.52 Å². The number of aryl methyl sites for hydroxylation is 1. The molecule has 7 heteroatoms. The molecule has 2 bridgehead atoms. The van der Waals surface area contributed by atoms with Crippen molar-refractivity contribution in [2.45, 2.75) is 52.2 Å². The molecule has 22 heavy (non-hydrogen) atoms. The summed E-state index contributed by atoms with van der Waals surface area (Å²) in [7, 11) is 0. The van der Waals surface area contributed by atoms with Crippen LogP contribution in [0.25, 0.3) is 0 Å². The maximum atomic E-state index is 12.0. The molecule has 2 aliphatic rings. The number of carbonyl (C=O) groups excluding carboxylic acids is 1. The average Bonchev–Trinajstić information content (AvgIpc) is 2.89. The Labute approximate surface area is 130 Å². The molecule has 0 spiro atoms. The molecule has 3 atom stereocenters. The number of carbonyl (C=O) groups is 1. The molecule has 122 valence electrons. The van der Waals surface area contributed by atoms with Crippen molar-refractivity contribution in [2.24, 2.45) is 11.8 Å². The van der Waals surface area contributed by atoms with Crippen molar-refractivity contribution in [2.75, 3.05) is 18.0 Å². The van der Waals surface area contributed by atoms with Crippen LogP contribution in [0.4, 0.5) is 10.8 Å². The second-order valence-corrected chi connectivity index (χ2v) is 7.30. The zero-order valence-corrected chi connectivity index (χ0v) is 13.6. The maximum absolute atomic E-state index is 12.0. The molecule has 0 aromatic carbocycles. The Morgan fingerprint density at radius 3 is 2.45 bits per heavy atom. The molecule has 1 aliphatic carbocycles. The number of amides is 1. The lowest BCUT2D eigenvalue weighted by Gasteiger charge is -2.37. The van der Waals surface area contributed by atoms with Gasteiger partial charge in [0, 0.05) is 19.1 Å². The van der Waals surface area contributed by atoms with Gasteiger partial charge in [0.15, 0.2) is 5.82 Å². The van der Waals surface area contributed by atoms with Crippen LogP contribution < -0.4 is 10.2 Å². The van der Waals surface area contributed by atoms with Gasteiger partial charge in [0.2, 0.25) is 0 Å². The van der Waals surface area contributed by atoms with E-state index < -0.39 is 5.60 Å². The van der Waals surface area contributed by atoms with Crippen molar-refractivity contribution in [3.63, 3.8) is 0 Å². The molecule has 3 rings (SSSR count). The molecule has 1 amide bonds. The van der Waals surface area contributed by atoms with E-state index in [0.29, 0.717) is 23.7 Å². The van der Waals surface area contributed by atoms with Gasteiger partial charge in [-0.1, -0.05) is 5.16 Å². The minimum atomic E-state index is -0.467. The summed E-state index contributed by atoms with van der Waals surface area (Å²) in [5.41, 5.74) is -0.467. The van der Waals surface area contributed by atoms with Gasteiger partial charge < -0.3 is 19.5 Å². The quantitative estimate of drug-likeness (QED) is 0.901. The molecule has 2 fully saturated rings. The first-order chi connectivity index (χ1) is 10.3. The normalized spacial score (nSPS) is 27.8. The van der Waals surface area contributed by atoms with Crippen molar-refractivity contribution in [3.05, 3.63) is 5.82 Å². The van der Waals surface area contributed by atoms with Gasteiger partial charge in [0.05, 0.1) is 0 Å². The number of alkyl carbamates (subject to hydrolysis) is 1. The lowest BCUT2D eigenvalue weighted by atomic mass is 9.92. The van der Waals surface area contributed by atoms with Gasteiger partial charge in [-0.05, 0) is 52.4 Å². The predicted octanol–water partition coefficient (Wildman–Crippen LogP) is 2.12. The summed E-state index contributed by atoms with van der Waals surface area (Å²) < 4.78 is 10.6. The van der Waals surface area contributed by atoms with Crippen LogP contribution in [0.2, 0.25) is 0 Å². The van der Waals surface area contributed by atoms with Gasteiger partial charge in [-0.25, -0.2) is 4.79 Å². The van der Waals surface area contributed by atoms with Gasteiger partial charge in [0.1, 0.15) is 5.60 Å². The summed E-state index contributed by atoms with van der Waals surface area (Å²) in [6, 6.07) is 0.764. The van der Waals surface area contributed by atoms with Gasteiger partial charge in [-0.3, -0.25) is 0 Å². The zero-order chi connectivity index (χ0) is 15.9. The molecule has 1 saturated carbocycles. The molecule has 7 nitrogen and oxygen atoms in total. The minimum Gasteiger partial charge on any atom is -0.444 e. The monoisotopic (exact) mass is 308 g/mol. The number of aromatic nitrogens is 2. The summed E-state index contributed by atoms with van der Waals surface area (Å²) >= 11 is 0. The fourth-order valence-electron chi connectivity index (χ4n) is 3.47. The van der Waals surface area contributed by atoms with Crippen molar-refractivity contribution in [3.8, 4) is 0 Å². The first-order valence-electron chi connectivity index (χ1n) is 7.86. The number of ether oxygens (including phenoxy) is 1. The van der Waals surface area contributed by atoms with Crippen LogP contribution in [0.3, 0.4) is 0 Å². The van der Waals surface area contributed by atoms with Crippen molar-refractivity contribution >= 4 is 12.1 Å². The Morgan fingerprint density at radius 1 is 1.32 bits per heavy atom. The summed E-state index contributed by atoms with van der Waals surface area (Å²) in [5.74, 6) is 1.45. The SMILES string of the molecule is Cc1noc(N2C[C@H]3CC[C@@H](C2)C3NC(=O)OC(C)(C)C)n1. The number of rotatable bonds is 2. The Morgan fingerprint density at radius 2 is 1.95 bits per heavy atom. The summed E-state index contributed by atoms with van der Waals surface area (Å²) in [5, 5.41) is 6.91. The van der Waals surface area contributed by atoms with Crippen molar-refractivity contribution in [1.82, 2.24) is 15.5 Å². The molecule has 2 heterocycles. The molecular formula is C15H24N4O3. The Balaban J connectivity index is 1.62. The maximum Gasteiger partial charge on any atom is 0.407 e. The second-order valence-electron chi connectivity index (χ2n) is 7.30. The van der Waals surface area contributed by atoms with E-state index in [-0.39, 0.29) is 12.1 Å². The van der Waals surface area contributed by atoms with Gasteiger partial charge in [0.25, 0.3) is 0 Å². The molecule has 1 unspecified atom stereocenters. The number of hydrogen-bond donors (Lipinski definition) is 1. The fourth-order valence-corrected chi connectivity index (χ4v) is 3.47. The smallest absolute Gasteiger partial charge is 0.407 e. The van der Waals surface area contributed by atoms with E-state index in [1.165, 1.54) is 0 Å². The van der Waals surface area contributed by atoms with Crippen LogP contribution in [0, 0.1) is 18.8 Å².